The van der Waals surface area contributed by atoms with Gasteiger partial charge in [-0.2, -0.15) is 0 Å². The lowest BCUT2D eigenvalue weighted by Gasteiger charge is -2.27. The number of aryl methyl sites for hydroxylation is 1. The number of hydrogen-bond donors (Lipinski definition) is 1. The van der Waals surface area contributed by atoms with Crippen LogP contribution in [0.15, 0.2) is 12.5 Å². The fourth-order valence-corrected chi connectivity index (χ4v) is 2.36. The highest BCUT2D eigenvalue weighted by atomic mass is 15.2. The quantitative estimate of drug-likeness (QED) is 0.793. The highest BCUT2D eigenvalue weighted by molar-refractivity contribution is 5.06. The van der Waals surface area contributed by atoms with Crippen molar-refractivity contribution < 1.29 is 0 Å². The Bertz CT molecular complexity index is 301. The summed E-state index contributed by atoms with van der Waals surface area (Å²) in [5, 5.41) is 3.28. The first kappa shape index (κ1) is 10.6. The van der Waals surface area contributed by atoms with E-state index in [1.54, 1.807) is 0 Å². The van der Waals surface area contributed by atoms with Gasteiger partial charge in [0.25, 0.3) is 0 Å². The second kappa shape index (κ2) is 4.77. The molecule has 1 aromatic rings. The van der Waals surface area contributed by atoms with Crippen molar-refractivity contribution >= 4 is 0 Å². The molecule has 1 saturated heterocycles. The maximum absolute atomic E-state index is 4.20. The van der Waals surface area contributed by atoms with E-state index in [1.807, 2.05) is 19.6 Å². The SMILES string of the molecule is CNCC(c1cncn1C)N1CCCC1. The van der Waals surface area contributed by atoms with Gasteiger partial charge < -0.3 is 9.88 Å². The van der Waals surface area contributed by atoms with Crippen molar-refractivity contribution in [3.05, 3.63) is 18.2 Å². The van der Waals surface area contributed by atoms with E-state index in [0.29, 0.717) is 6.04 Å². The van der Waals surface area contributed by atoms with Crippen LogP contribution in [-0.4, -0.2) is 41.1 Å². The van der Waals surface area contributed by atoms with Crippen molar-refractivity contribution in [1.82, 2.24) is 19.8 Å². The van der Waals surface area contributed by atoms with Crippen LogP contribution >= 0.6 is 0 Å². The Morgan fingerprint density at radius 2 is 2.20 bits per heavy atom. The van der Waals surface area contributed by atoms with E-state index in [1.165, 1.54) is 31.6 Å². The maximum atomic E-state index is 4.20. The fraction of sp³-hybridized carbons (Fsp3) is 0.727. The summed E-state index contributed by atoms with van der Waals surface area (Å²) in [5.74, 6) is 0. The Kier molecular flexibility index (Phi) is 3.38. The van der Waals surface area contributed by atoms with Gasteiger partial charge in [0.2, 0.25) is 0 Å². The molecule has 0 saturated carbocycles. The van der Waals surface area contributed by atoms with Crippen molar-refractivity contribution in [1.29, 1.82) is 0 Å². The molecule has 0 radical (unpaired) electrons. The highest BCUT2D eigenvalue weighted by Crippen LogP contribution is 2.23. The standard InChI is InChI=1S/C11H20N4/c1-12-7-11(15-5-3-4-6-15)10-8-13-9-14(10)2/h8-9,11-12H,3-7H2,1-2H3. The van der Waals surface area contributed by atoms with Crippen LogP contribution in [-0.2, 0) is 7.05 Å². The predicted molar refractivity (Wildman–Crippen MR) is 60.7 cm³/mol. The topological polar surface area (TPSA) is 33.1 Å². The number of nitrogens with one attached hydrogen (secondary N) is 1. The summed E-state index contributed by atoms with van der Waals surface area (Å²) in [7, 11) is 4.08. The molecular weight excluding hydrogens is 188 g/mol. The van der Waals surface area contributed by atoms with Crippen molar-refractivity contribution in [2.45, 2.75) is 18.9 Å². The Hall–Kier alpha value is -0.870. The normalized spacial score (nSPS) is 19.6. The zero-order valence-electron chi connectivity index (χ0n) is 9.61. The van der Waals surface area contributed by atoms with Crippen molar-refractivity contribution in [2.75, 3.05) is 26.7 Å². The molecule has 0 bridgehead atoms. The Labute approximate surface area is 91.3 Å². The van der Waals surface area contributed by atoms with E-state index >= 15 is 0 Å². The van der Waals surface area contributed by atoms with Crippen LogP contribution in [0.4, 0.5) is 0 Å². The molecule has 1 aliphatic rings. The summed E-state index contributed by atoms with van der Waals surface area (Å²) in [6.45, 7) is 3.44. The fourth-order valence-electron chi connectivity index (χ4n) is 2.36. The second-order valence-electron chi connectivity index (χ2n) is 4.25. The number of likely N-dealkylation sites (tertiary alicyclic amines) is 1. The smallest absolute Gasteiger partial charge is 0.0946 e. The third-order valence-electron chi connectivity index (χ3n) is 3.17. The number of aromatic nitrogens is 2. The Morgan fingerprint density at radius 3 is 2.73 bits per heavy atom. The number of hydrogen-bond acceptors (Lipinski definition) is 3. The van der Waals surface area contributed by atoms with Crippen LogP contribution in [0.25, 0.3) is 0 Å². The van der Waals surface area contributed by atoms with Crippen molar-refractivity contribution in [3.8, 4) is 0 Å². The molecule has 4 nitrogen and oxygen atoms in total. The van der Waals surface area contributed by atoms with E-state index in [0.717, 1.165) is 6.54 Å². The van der Waals surface area contributed by atoms with E-state index in [4.69, 9.17) is 0 Å². The molecule has 1 atom stereocenters. The van der Waals surface area contributed by atoms with E-state index in [9.17, 15) is 0 Å². The monoisotopic (exact) mass is 208 g/mol. The zero-order valence-corrected chi connectivity index (χ0v) is 9.61. The molecule has 1 fully saturated rings. The molecule has 1 aliphatic heterocycles. The summed E-state index contributed by atoms with van der Waals surface area (Å²) in [4.78, 5) is 6.75. The maximum Gasteiger partial charge on any atom is 0.0946 e. The molecule has 0 spiro atoms. The average molecular weight is 208 g/mol. The molecule has 0 amide bonds. The molecular formula is C11H20N4. The average Bonchev–Trinajstić information content (AvgIpc) is 2.85. The molecule has 0 aromatic carbocycles. The first-order chi connectivity index (χ1) is 7.33. The summed E-state index contributed by atoms with van der Waals surface area (Å²) in [6.07, 6.45) is 6.53. The highest BCUT2D eigenvalue weighted by Gasteiger charge is 2.24. The van der Waals surface area contributed by atoms with Crippen LogP contribution < -0.4 is 5.32 Å². The van der Waals surface area contributed by atoms with Crippen LogP contribution in [0.3, 0.4) is 0 Å². The van der Waals surface area contributed by atoms with Crippen molar-refractivity contribution in [3.63, 3.8) is 0 Å². The minimum atomic E-state index is 0.477. The van der Waals surface area contributed by atoms with Gasteiger partial charge in [-0.3, -0.25) is 4.90 Å². The summed E-state index contributed by atoms with van der Waals surface area (Å²) in [5.41, 5.74) is 1.31. The van der Waals surface area contributed by atoms with E-state index in [2.05, 4.69) is 26.8 Å². The third kappa shape index (κ3) is 2.21. The molecule has 0 aliphatic carbocycles. The molecule has 15 heavy (non-hydrogen) atoms. The number of imidazole rings is 1. The van der Waals surface area contributed by atoms with E-state index in [-0.39, 0.29) is 0 Å². The zero-order chi connectivity index (χ0) is 10.7. The van der Waals surface area contributed by atoms with Gasteiger partial charge in [0, 0.05) is 19.8 Å². The first-order valence-corrected chi connectivity index (χ1v) is 5.68. The van der Waals surface area contributed by atoms with Crippen LogP contribution in [0.2, 0.25) is 0 Å². The molecule has 2 rings (SSSR count). The lowest BCUT2D eigenvalue weighted by atomic mass is 10.2. The van der Waals surface area contributed by atoms with Crippen LogP contribution in [0.1, 0.15) is 24.6 Å². The lowest BCUT2D eigenvalue weighted by Crippen LogP contribution is -2.33. The van der Waals surface area contributed by atoms with Gasteiger partial charge in [-0.15, -0.1) is 0 Å². The minimum absolute atomic E-state index is 0.477. The van der Waals surface area contributed by atoms with Gasteiger partial charge in [0.1, 0.15) is 0 Å². The number of nitrogens with zero attached hydrogens (tertiary/aromatic N) is 3. The minimum Gasteiger partial charge on any atom is -0.336 e. The van der Waals surface area contributed by atoms with Gasteiger partial charge in [0.05, 0.1) is 18.1 Å². The second-order valence-corrected chi connectivity index (χ2v) is 4.25. The Morgan fingerprint density at radius 1 is 1.47 bits per heavy atom. The van der Waals surface area contributed by atoms with Crippen LogP contribution in [0.5, 0.6) is 0 Å². The summed E-state index contributed by atoms with van der Waals surface area (Å²) >= 11 is 0. The van der Waals surface area contributed by atoms with Gasteiger partial charge >= 0.3 is 0 Å². The number of rotatable bonds is 4. The number of likely N-dealkylation sites (N-methyl/N-ethyl adjacent to an activating group) is 1. The van der Waals surface area contributed by atoms with E-state index < -0.39 is 0 Å². The van der Waals surface area contributed by atoms with Crippen molar-refractivity contribution in [2.24, 2.45) is 7.05 Å². The molecule has 1 N–H and O–H groups in total. The van der Waals surface area contributed by atoms with Gasteiger partial charge in [0.15, 0.2) is 0 Å². The Balaban J connectivity index is 2.15. The van der Waals surface area contributed by atoms with Gasteiger partial charge in [-0.25, -0.2) is 4.98 Å². The molecule has 84 valence electrons. The van der Waals surface area contributed by atoms with Crippen LogP contribution in [0, 0.1) is 0 Å². The molecule has 1 unspecified atom stereocenters. The predicted octanol–water partition coefficient (Wildman–Crippen LogP) is 0.776. The molecule has 2 heterocycles. The largest absolute Gasteiger partial charge is 0.336 e. The van der Waals surface area contributed by atoms with Gasteiger partial charge in [-0.1, -0.05) is 0 Å². The first-order valence-electron chi connectivity index (χ1n) is 5.68. The van der Waals surface area contributed by atoms with Gasteiger partial charge in [-0.05, 0) is 33.0 Å². The summed E-state index contributed by atoms with van der Waals surface area (Å²) in [6, 6.07) is 0.477. The molecule has 1 aromatic heterocycles. The molecule has 4 heteroatoms. The lowest BCUT2D eigenvalue weighted by molar-refractivity contribution is 0.234. The third-order valence-corrected chi connectivity index (χ3v) is 3.17. The summed E-state index contributed by atoms with van der Waals surface area (Å²) < 4.78 is 2.13.